The Labute approximate surface area is 312 Å². The van der Waals surface area contributed by atoms with Gasteiger partial charge in [0.2, 0.25) is 0 Å². The van der Waals surface area contributed by atoms with Crippen molar-refractivity contribution in [1.29, 1.82) is 0 Å². The summed E-state index contributed by atoms with van der Waals surface area (Å²) in [4.78, 5) is 0. The molecular formula is C46H57Cl2SiZr. The molecule has 0 amide bonds. The van der Waals surface area contributed by atoms with Crippen LogP contribution in [0.3, 0.4) is 0 Å². The third-order valence-electron chi connectivity index (χ3n) is 11.6. The summed E-state index contributed by atoms with van der Waals surface area (Å²) in [6, 6.07) is 32.0. The summed E-state index contributed by atoms with van der Waals surface area (Å²) in [7, 11) is 17.7. The first-order valence-corrected chi connectivity index (χ1v) is 35.4. The third-order valence-corrected chi connectivity index (χ3v) is 63.3. The first-order chi connectivity index (χ1) is 23.6. The second-order valence-electron chi connectivity index (χ2n) is 17.0. The van der Waals surface area contributed by atoms with Crippen LogP contribution in [0.5, 0.6) is 0 Å². The van der Waals surface area contributed by atoms with E-state index in [1.54, 1.807) is 0 Å². The van der Waals surface area contributed by atoms with Crippen molar-refractivity contribution in [3.8, 4) is 22.3 Å². The van der Waals surface area contributed by atoms with E-state index in [0.29, 0.717) is 23.7 Å². The molecule has 0 radical (unpaired) electrons. The zero-order valence-corrected chi connectivity index (χ0v) is 37.1. The Kier molecular flexibility index (Phi) is 10.9. The Morgan fingerprint density at radius 3 is 1.22 bits per heavy atom. The van der Waals surface area contributed by atoms with Crippen molar-refractivity contribution in [2.75, 3.05) is 0 Å². The van der Waals surface area contributed by atoms with Crippen LogP contribution in [0, 0.1) is 23.7 Å². The molecule has 0 saturated heterocycles. The summed E-state index contributed by atoms with van der Waals surface area (Å²) in [5.41, 5.74) is 16.5. The summed E-state index contributed by atoms with van der Waals surface area (Å²) >= 11 is -4.93. The van der Waals surface area contributed by atoms with Crippen LogP contribution in [0.1, 0.15) is 96.0 Å². The third kappa shape index (κ3) is 6.48. The van der Waals surface area contributed by atoms with Gasteiger partial charge in [-0.1, -0.05) is 0 Å². The van der Waals surface area contributed by atoms with E-state index in [0.717, 1.165) is 12.8 Å². The van der Waals surface area contributed by atoms with Crippen molar-refractivity contribution in [3.63, 3.8) is 0 Å². The molecular weight excluding hydrogens is 743 g/mol. The van der Waals surface area contributed by atoms with Crippen LogP contribution in [-0.2, 0) is 28.4 Å². The molecule has 0 aliphatic heterocycles. The van der Waals surface area contributed by atoms with E-state index >= 15 is 0 Å². The Bertz CT molecular complexity index is 1830. The molecule has 50 heavy (non-hydrogen) atoms. The molecule has 4 aromatic carbocycles. The molecule has 0 aromatic heterocycles. The SMILES string of the molecule is CC(C)Cc1ccccc1-c1cccc2c1C=C(C(C)C)[CH]2[Zr]([Cl])([Cl])([CH]1C(C(C)C)=Cc2c(-c3ccccc3CC(C)C)cccc21)[SiH](C)C. The quantitative estimate of drug-likeness (QED) is 0.133. The van der Waals surface area contributed by atoms with Gasteiger partial charge in [0.25, 0.3) is 0 Å². The first-order valence-electron chi connectivity index (χ1n) is 19.1. The molecule has 6 rings (SSSR count). The fraction of sp³-hybridized carbons (Fsp3) is 0.391. The molecule has 2 atom stereocenters. The van der Waals surface area contributed by atoms with Crippen LogP contribution in [-0.4, -0.2) is 5.92 Å². The van der Waals surface area contributed by atoms with Gasteiger partial charge >= 0.3 is 315 Å². The van der Waals surface area contributed by atoms with E-state index in [1.807, 2.05) is 0 Å². The van der Waals surface area contributed by atoms with Crippen molar-refractivity contribution < 1.29 is 15.6 Å². The summed E-state index contributed by atoms with van der Waals surface area (Å²) in [6.07, 6.45) is 7.16. The van der Waals surface area contributed by atoms with Crippen molar-refractivity contribution in [2.45, 2.75) is 88.6 Å². The molecule has 0 bridgehead atoms. The average molecular weight is 800 g/mol. The maximum absolute atomic E-state index is 8.83. The Morgan fingerprint density at radius 1 is 0.520 bits per heavy atom. The molecule has 2 unspecified atom stereocenters. The molecule has 2 aliphatic rings. The summed E-state index contributed by atoms with van der Waals surface area (Å²) in [5, 5.41) is 0. The van der Waals surface area contributed by atoms with E-state index in [1.165, 1.54) is 66.8 Å². The standard InChI is InChI=1S/2C22H25.C2H7Si.2ClH.Zr/c2*1-15(2)12-17-8-5-6-10-20(17)21-11-7-9-18-13-19(16(3)4)14-22(18)21;1-3-2;;;/h2*5-11,13-16H,12H2,1-4H3;3H,1-2H3;2*1H;/q;;;;;+2/p-2. The monoisotopic (exact) mass is 797 g/mol. The topological polar surface area (TPSA) is 0 Å². The van der Waals surface area contributed by atoms with Crippen LogP contribution in [0.15, 0.2) is 96.1 Å². The van der Waals surface area contributed by atoms with E-state index in [-0.39, 0.29) is 7.25 Å². The molecule has 0 heterocycles. The van der Waals surface area contributed by atoms with Crippen molar-refractivity contribution >= 4 is 35.1 Å². The van der Waals surface area contributed by atoms with Gasteiger partial charge in [0.05, 0.1) is 0 Å². The fourth-order valence-corrected chi connectivity index (χ4v) is 40.7. The molecule has 2 aliphatic carbocycles. The molecule has 0 saturated carbocycles. The van der Waals surface area contributed by atoms with Gasteiger partial charge in [-0.3, -0.25) is 0 Å². The zero-order valence-electron chi connectivity index (χ0n) is 31.9. The van der Waals surface area contributed by atoms with Gasteiger partial charge in [-0.25, -0.2) is 0 Å². The van der Waals surface area contributed by atoms with E-state index in [9.17, 15) is 0 Å². The first kappa shape index (κ1) is 37.8. The molecule has 0 N–H and O–H groups in total. The van der Waals surface area contributed by atoms with E-state index in [2.05, 4.69) is 166 Å². The number of benzene rings is 4. The Morgan fingerprint density at radius 2 is 0.880 bits per heavy atom. The van der Waals surface area contributed by atoms with Gasteiger partial charge in [0.1, 0.15) is 0 Å². The molecule has 0 spiro atoms. The molecule has 0 nitrogen and oxygen atoms in total. The normalized spacial score (nSPS) is 18.1. The van der Waals surface area contributed by atoms with Crippen LogP contribution >= 0.6 is 17.0 Å². The molecule has 4 heteroatoms. The predicted octanol–water partition coefficient (Wildman–Crippen LogP) is 14.3. The van der Waals surface area contributed by atoms with Crippen LogP contribution in [0.2, 0.25) is 13.1 Å². The number of hydrogen-bond donors (Lipinski definition) is 0. The second kappa shape index (κ2) is 14.5. The summed E-state index contributed by atoms with van der Waals surface area (Å²) in [5.74, 6) is 0.163. The molecule has 0 fully saturated rings. The fourth-order valence-electron chi connectivity index (χ4n) is 9.19. The van der Waals surface area contributed by atoms with E-state index in [4.69, 9.17) is 17.0 Å². The predicted molar refractivity (Wildman–Crippen MR) is 223 cm³/mol. The van der Waals surface area contributed by atoms with Gasteiger partial charge in [-0.2, -0.15) is 0 Å². The van der Waals surface area contributed by atoms with Gasteiger partial charge in [0, 0.05) is 0 Å². The van der Waals surface area contributed by atoms with Gasteiger partial charge in [-0.15, -0.1) is 0 Å². The van der Waals surface area contributed by atoms with Gasteiger partial charge < -0.3 is 0 Å². The second-order valence-corrected chi connectivity index (χ2v) is 59.5. The van der Waals surface area contributed by atoms with Crippen molar-refractivity contribution in [3.05, 3.63) is 129 Å². The number of fused-ring (bicyclic) bond motifs is 2. The van der Waals surface area contributed by atoms with Gasteiger partial charge in [0.15, 0.2) is 0 Å². The molecule has 4 aromatic rings. The van der Waals surface area contributed by atoms with Crippen LogP contribution in [0.25, 0.3) is 34.4 Å². The van der Waals surface area contributed by atoms with Crippen molar-refractivity contribution in [1.82, 2.24) is 0 Å². The van der Waals surface area contributed by atoms with Gasteiger partial charge in [-0.05, 0) is 0 Å². The minimum atomic E-state index is -4.93. The maximum atomic E-state index is 8.83. The van der Waals surface area contributed by atoms with Crippen LogP contribution < -0.4 is 0 Å². The Hall–Kier alpha value is -1.96. The zero-order chi connectivity index (χ0) is 36.1. The van der Waals surface area contributed by atoms with E-state index < -0.39 is 21.5 Å². The number of halogens is 2. The minimum absolute atomic E-state index is 0.0774. The Balaban J connectivity index is 1.60. The number of rotatable bonds is 11. The molecule has 263 valence electrons. The number of allylic oxidation sites excluding steroid dienone is 2. The number of hydrogen-bond acceptors (Lipinski definition) is 0. The van der Waals surface area contributed by atoms with Crippen molar-refractivity contribution in [2.24, 2.45) is 23.7 Å². The summed E-state index contributed by atoms with van der Waals surface area (Å²) in [6.45, 7) is 23.6. The van der Waals surface area contributed by atoms with Crippen LogP contribution in [0.4, 0.5) is 0 Å². The average Bonchev–Trinajstić information content (AvgIpc) is 3.66. The summed E-state index contributed by atoms with van der Waals surface area (Å²) < 4.78 is 0.155.